The predicted molar refractivity (Wildman–Crippen MR) is 93.1 cm³/mol. The van der Waals surface area contributed by atoms with Crippen molar-refractivity contribution in [3.05, 3.63) is 70.7 Å². The van der Waals surface area contributed by atoms with E-state index in [9.17, 15) is 4.79 Å². The molecule has 0 fully saturated rings. The first-order valence-electron chi connectivity index (χ1n) is 6.64. The number of hydrogen-bond donors (Lipinski definition) is 2. The van der Waals surface area contributed by atoms with Crippen LogP contribution in [0.3, 0.4) is 0 Å². The summed E-state index contributed by atoms with van der Waals surface area (Å²) >= 11 is 11.8. The van der Waals surface area contributed by atoms with Gasteiger partial charge in [0, 0.05) is 21.1 Å². The van der Waals surface area contributed by atoms with Gasteiger partial charge in [-0.05, 0) is 29.7 Å². The highest BCUT2D eigenvalue weighted by Crippen LogP contribution is 2.25. The van der Waals surface area contributed by atoms with Crippen LogP contribution in [0.15, 0.2) is 60.7 Å². The van der Waals surface area contributed by atoms with Gasteiger partial charge in [-0.3, -0.25) is 0 Å². The van der Waals surface area contributed by atoms with Crippen LogP contribution in [0.4, 0.5) is 16.2 Å². The van der Waals surface area contributed by atoms with Crippen LogP contribution in [-0.2, 0) is 0 Å². The van der Waals surface area contributed by atoms with Gasteiger partial charge in [-0.2, -0.15) is 0 Å². The number of benzene rings is 3. The lowest BCUT2D eigenvalue weighted by atomic mass is 10.1. The number of carbonyl (C=O) groups is 1. The monoisotopic (exact) mass is 330 g/mol. The van der Waals surface area contributed by atoms with Gasteiger partial charge in [0.15, 0.2) is 0 Å². The fourth-order valence-electron chi connectivity index (χ4n) is 2.25. The molecule has 0 atom stereocenters. The number of anilines is 2. The van der Waals surface area contributed by atoms with Gasteiger partial charge >= 0.3 is 6.03 Å². The van der Waals surface area contributed by atoms with Crippen LogP contribution >= 0.6 is 23.2 Å². The van der Waals surface area contributed by atoms with Gasteiger partial charge in [0.1, 0.15) is 0 Å². The summed E-state index contributed by atoms with van der Waals surface area (Å²) in [7, 11) is 0. The third kappa shape index (κ3) is 3.32. The van der Waals surface area contributed by atoms with Crippen LogP contribution in [0.2, 0.25) is 10.0 Å². The van der Waals surface area contributed by atoms with Crippen molar-refractivity contribution in [2.75, 3.05) is 10.6 Å². The number of halogens is 2. The van der Waals surface area contributed by atoms with Crippen LogP contribution < -0.4 is 10.6 Å². The molecule has 22 heavy (non-hydrogen) atoms. The lowest BCUT2D eigenvalue weighted by molar-refractivity contribution is 0.262. The highest BCUT2D eigenvalue weighted by molar-refractivity contribution is 6.35. The molecule has 0 saturated carbocycles. The molecule has 3 aromatic carbocycles. The third-order valence-electron chi connectivity index (χ3n) is 3.16. The fourth-order valence-corrected chi connectivity index (χ4v) is 2.77. The van der Waals surface area contributed by atoms with Gasteiger partial charge in [0.25, 0.3) is 0 Å². The van der Waals surface area contributed by atoms with E-state index in [1.807, 2.05) is 42.5 Å². The zero-order valence-corrected chi connectivity index (χ0v) is 12.9. The Kier molecular flexibility index (Phi) is 4.18. The molecular weight excluding hydrogens is 319 g/mol. The van der Waals surface area contributed by atoms with Crippen LogP contribution in [0.1, 0.15) is 0 Å². The minimum absolute atomic E-state index is 0.352. The summed E-state index contributed by atoms with van der Waals surface area (Å²) in [4.78, 5) is 12.1. The molecule has 5 heteroatoms. The molecule has 0 radical (unpaired) electrons. The van der Waals surface area contributed by atoms with Gasteiger partial charge in [0.05, 0.1) is 5.69 Å². The molecule has 3 nitrogen and oxygen atoms in total. The number of rotatable bonds is 2. The standard InChI is InChI=1S/C17H12Cl2N2O/c18-12-8-13(19)10-14(9-12)20-17(22)21-16-7-3-5-11-4-1-2-6-15(11)16/h1-10H,(H2,20,21,22). The number of hydrogen-bond acceptors (Lipinski definition) is 1. The van der Waals surface area contributed by atoms with E-state index >= 15 is 0 Å². The van der Waals surface area contributed by atoms with E-state index in [2.05, 4.69) is 10.6 Å². The quantitative estimate of drug-likeness (QED) is 0.613. The molecule has 0 aliphatic rings. The van der Waals surface area contributed by atoms with Crippen molar-refractivity contribution in [2.24, 2.45) is 0 Å². The predicted octanol–water partition coefficient (Wildman–Crippen LogP) is 5.79. The number of fused-ring (bicyclic) bond motifs is 1. The summed E-state index contributed by atoms with van der Waals surface area (Å²) in [6.45, 7) is 0. The van der Waals surface area contributed by atoms with Crippen molar-refractivity contribution < 1.29 is 4.79 Å². The minimum atomic E-state index is -0.352. The normalized spacial score (nSPS) is 10.5. The molecule has 0 aliphatic carbocycles. The summed E-state index contributed by atoms with van der Waals surface area (Å²) < 4.78 is 0. The van der Waals surface area contributed by atoms with E-state index in [0.29, 0.717) is 15.7 Å². The van der Waals surface area contributed by atoms with Crippen molar-refractivity contribution in [3.63, 3.8) is 0 Å². The average Bonchev–Trinajstić information content (AvgIpc) is 2.46. The molecule has 0 bridgehead atoms. The molecule has 0 aliphatic heterocycles. The number of carbonyl (C=O) groups excluding carboxylic acids is 1. The molecule has 3 aromatic rings. The Morgan fingerprint density at radius 1 is 0.818 bits per heavy atom. The molecule has 0 saturated heterocycles. The third-order valence-corrected chi connectivity index (χ3v) is 3.59. The lowest BCUT2D eigenvalue weighted by Crippen LogP contribution is -2.19. The van der Waals surface area contributed by atoms with Crippen molar-refractivity contribution in [1.82, 2.24) is 0 Å². The van der Waals surface area contributed by atoms with Gasteiger partial charge in [0.2, 0.25) is 0 Å². The molecular formula is C17H12Cl2N2O. The maximum absolute atomic E-state index is 12.1. The van der Waals surface area contributed by atoms with Crippen molar-refractivity contribution in [1.29, 1.82) is 0 Å². The minimum Gasteiger partial charge on any atom is -0.308 e. The SMILES string of the molecule is O=C(Nc1cc(Cl)cc(Cl)c1)Nc1cccc2ccccc12. The van der Waals surface area contributed by atoms with E-state index in [1.54, 1.807) is 18.2 Å². The highest BCUT2D eigenvalue weighted by Gasteiger charge is 2.07. The average molecular weight is 331 g/mol. The topological polar surface area (TPSA) is 41.1 Å². The Bertz CT molecular complexity index is 823. The molecule has 2 amide bonds. The second-order valence-corrected chi connectivity index (χ2v) is 5.64. The second-order valence-electron chi connectivity index (χ2n) is 4.76. The first-order chi connectivity index (χ1) is 10.6. The highest BCUT2D eigenvalue weighted by atomic mass is 35.5. The summed E-state index contributed by atoms with van der Waals surface area (Å²) in [6.07, 6.45) is 0. The number of nitrogens with one attached hydrogen (secondary N) is 2. The van der Waals surface area contributed by atoms with Crippen LogP contribution in [0.25, 0.3) is 10.8 Å². The molecule has 0 unspecified atom stereocenters. The Morgan fingerprint density at radius 3 is 2.27 bits per heavy atom. The Labute approximate surface area is 137 Å². The molecule has 0 heterocycles. The maximum Gasteiger partial charge on any atom is 0.323 e. The zero-order chi connectivity index (χ0) is 15.5. The summed E-state index contributed by atoms with van der Waals surface area (Å²) in [6, 6.07) is 18.1. The molecule has 2 N–H and O–H groups in total. The van der Waals surface area contributed by atoms with Gasteiger partial charge < -0.3 is 10.6 Å². The summed E-state index contributed by atoms with van der Waals surface area (Å²) in [5, 5.41) is 8.52. The van der Waals surface area contributed by atoms with E-state index < -0.39 is 0 Å². The zero-order valence-electron chi connectivity index (χ0n) is 11.4. The fraction of sp³-hybridized carbons (Fsp3) is 0. The van der Waals surface area contributed by atoms with Crippen molar-refractivity contribution in [2.45, 2.75) is 0 Å². The van der Waals surface area contributed by atoms with E-state index in [4.69, 9.17) is 23.2 Å². The van der Waals surface area contributed by atoms with Crippen molar-refractivity contribution in [3.8, 4) is 0 Å². The van der Waals surface area contributed by atoms with Gasteiger partial charge in [-0.15, -0.1) is 0 Å². The van der Waals surface area contributed by atoms with Crippen molar-refractivity contribution >= 4 is 51.4 Å². The molecule has 0 aromatic heterocycles. The van der Waals surface area contributed by atoms with Crippen LogP contribution in [-0.4, -0.2) is 6.03 Å². The first kappa shape index (κ1) is 14.7. The molecule has 110 valence electrons. The second kappa shape index (κ2) is 6.26. The summed E-state index contributed by atoms with van der Waals surface area (Å²) in [5.74, 6) is 0. The maximum atomic E-state index is 12.1. The van der Waals surface area contributed by atoms with Crippen LogP contribution in [0, 0.1) is 0 Å². The Balaban J connectivity index is 1.81. The lowest BCUT2D eigenvalue weighted by Gasteiger charge is -2.10. The van der Waals surface area contributed by atoms with Gasteiger partial charge in [-0.25, -0.2) is 4.79 Å². The Morgan fingerprint density at radius 2 is 1.50 bits per heavy atom. The molecule has 0 spiro atoms. The largest absolute Gasteiger partial charge is 0.323 e. The van der Waals surface area contributed by atoms with Gasteiger partial charge in [-0.1, -0.05) is 59.6 Å². The number of amides is 2. The van der Waals surface area contributed by atoms with E-state index in [0.717, 1.165) is 16.5 Å². The van der Waals surface area contributed by atoms with Crippen LogP contribution in [0.5, 0.6) is 0 Å². The van der Waals surface area contributed by atoms with E-state index in [1.165, 1.54) is 0 Å². The smallest absolute Gasteiger partial charge is 0.308 e. The summed E-state index contributed by atoms with van der Waals surface area (Å²) in [5.41, 5.74) is 1.28. The molecule has 3 rings (SSSR count). The Hall–Kier alpha value is -2.23. The van der Waals surface area contributed by atoms with E-state index in [-0.39, 0.29) is 6.03 Å². The number of urea groups is 1. The first-order valence-corrected chi connectivity index (χ1v) is 7.39.